The van der Waals surface area contributed by atoms with E-state index < -0.39 is 0 Å². The highest BCUT2D eigenvalue weighted by Gasteiger charge is 2.10. The highest BCUT2D eigenvalue weighted by Crippen LogP contribution is 2.18. The molecule has 1 N–H and O–H groups in total. The molecule has 0 saturated carbocycles. The highest BCUT2D eigenvalue weighted by molar-refractivity contribution is 5.75. The smallest absolute Gasteiger partial charge is 0.243 e. The molecule has 0 aliphatic rings. The predicted molar refractivity (Wildman–Crippen MR) is 82.3 cm³/mol. The fourth-order valence-electron chi connectivity index (χ4n) is 1.84. The second-order valence-electron chi connectivity index (χ2n) is 4.98. The molecule has 1 amide bonds. The lowest BCUT2D eigenvalue weighted by Gasteiger charge is -2.10. The number of hydrogen-bond acceptors (Lipinski definition) is 5. The number of amides is 1. The first-order valence-electron chi connectivity index (χ1n) is 7.42. The van der Waals surface area contributed by atoms with Crippen LogP contribution in [0, 0.1) is 0 Å². The fraction of sp³-hybridized carbons (Fsp3) is 0.467. The minimum absolute atomic E-state index is 0.0639. The van der Waals surface area contributed by atoms with Gasteiger partial charge in [0, 0.05) is 11.6 Å². The van der Waals surface area contributed by atoms with Crippen LogP contribution < -0.4 is 10.1 Å². The van der Waals surface area contributed by atoms with Crippen molar-refractivity contribution in [2.24, 2.45) is 0 Å². The molecule has 1 aromatic heterocycles. The quantitative estimate of drug-likeness (QED) is 0.841. The van der Waals surface area contributed by atoms with Crippen LogP contribution in [0.15, 0.2) is 24.3 Å². The second-order valence-corrected chi connectivity index (χ2v) is 4.98. The SMILES string of the molecule is CCOc1ccc(-c2nnn(CC(=O)N[C@@H](C)CC)n2)cc1. The lowest BCUT2D eigenvalue weighted by Crippen LogP contribution is -2.35. The summed E-state index contributed by atoms with van der Waals surface area (Å²) in [5.41, 5.74) is 0.831. The molecule has 0 radical (unpaired) electrons. The van der Waals surface area contributed by atoms with E-state index >= 15 is 0 Å². The zero-order chi connectivity index (χ0) is 15.9. The van der Waals surface area contributed by atoms with Crippen molar-refractivity contribution in [3.8, 4) is 17.1 Å². The van der Waals surface area contributed by atoms with E-state index in [1.807, 2.05) is 45.0 Å². The van der Waals surface area contributed by atoms with Crippen LogP contribution in [0.3, 0.4) is 0 Å². The number of carbonyl (C=O) groups excluding carboxylic acids is 1. The van der Waals surface area contributed by atoms with Crippen LogP contribution in [-0.2, 0) is 11.3 Å². The molecule has 0 saturated heterocycles. The van der Waals surface area contributed by atoms with Gasteiger partial charge in [-0.05, 0) is 49.7 Å². The first kappa shape index (κ1) is 15.9. The number of hydrogen-bond donors (Lipinski definition) is 1. The van der Waals surface area contributed by atoms with Gasteiger partial charge in [-0.2, -0.15) is 4.80 Å². The molecule has 1 atom stereocenters. The van der Waals surface area contributed by atoms with Crippen LogP contribution in [0.1, 0.15) is 27.2 Å². The van der Waals surface area contributed by atoms with Gasteiger partial charge in [-0.15, -0.1) is 10.2 Å². The van der Waals surface area contributed by atoms with Gasteiger partial charge < -0.3 is 10.1 Å². The largest absolute Gasteiger partial charge is 0.494 e. The topological polar surface area (TPSA) is 81.9 Å². The van der Waals surface area contributed by atoms with Crippen LogP contribution >= 0.6 is 0 Å². The first-order chi connectivity index (χ1) is 10.6. The van der Waals surface area contributed by atoms with Crippen molar-refractivity contribution in [2.75, 3.05) is 6.61 Å². The first-order valence-corrected chi connectivity index (χ1v) is 7.42. The molecule has 22 heavy (non-hydrogen) atoms. The van der Waals surface area contributed by atoms with Crippen molar-refractivity contribution < 1.29 is 9.53 Å². The maximum atomic E-state index is 11.8. The maximum absolute atomic E-state index is 11.8. The zero-order valence-electron chi connectivity index (χ0n) is 13.1. The molecule has 0 aliphatic carbocycles. The van der Waals surface area contributed by atoms with Crippen LogP contribution in [0.25, 0.3) is 11.4 Å². The molecule has 1 heterocycles. The Hall–Kier alpha value is -2.44. The van der Waals surface area contributed by atoms with Crippen molar-refractivity contribution in [3.05, 3.63) is 24.3 Å². The third-order valence-corrected chi connectivity index (χ3v) is 3.18. The summed E-state index contributed by atoms with van der Waals surface area (Å²) in [4.78, 5) is 13.1. The van der Waals surface area contributed by atoms with E-state index in [1.54, 1.807) is 0 Å². The van der Waals surface area contributed by atoms with E-state index in [0.29, 0.717) is 12.4 Å². The van der Waals surface area contributed by atoms with E-state index in [2.05, 4.69) is 20.7 Å². The molecule has 0 bridgehead atoms. The molecule has 0 spiro atoms. The molecule has 0 fully saturated rings. The number of tetrazole rings is 1. The van der Waals surface area contributed by atoms with Crippen LogP contribution in [0.2, 0.25) is 0 Å². The number of rotatable bonds is 7. The monoisotopic (exact) mass is 303 g/mol. The van der Waals surface area contributed by atoms with Gasteiger partial charge in [-0.25, -0.2) is 0 Å². The second kappa shape index (κ2) is 7.53. The van der Waals surface area contributed by atoms with Crippen molar-refractivity contribution in [2.45, 2.75) is 39.8 Å². The van der Waals surface area contributed by atoms with Gasteiger partial charge in [0.25, 0.3) is 0 Å². The average Bonchev–Trinajstić information content (AvgIpc) is 2.96. The number of benzene rings is 1. The third kappa shape index (κ3) is 4.28. The minimum Gasteiger partial charge on any atom is -0.494 e. The van der Waals surface area contributed by atoms with Crippen molar-refractivity contribution >= 4 is 5.91 Å². The van der Waals surface area contributed by atoms with E-state index in [9.17, 15) is 4.79 Å². The summed E-state index contributed by atoms with van der Waals surface area (Å²) in [5, 5.41) is 15.0. The summed E-state index contributed by atoms with van der Waals surface area (Å²) >= 11 is 0. The molecule has 2 aromatic rings. The van der Waals surface area contributed by atoms with Gasteiger partial charge in [0.15, 0.2) is 0 Å². The Morgan fingerprint density at radius 1 is 1.32 bits per heavy atom. The Kier molecular flexibility index (Phi) is 5.46. The molecule has 0 aliphatic heterocycles. The highest BCUT2D eigenvalue weighted by atomic mass is 16.5. The summed E-state index contributed by atoms with van der Waals surface area (Å²) in [6.07, 6.45) is 0.883. The summed E-state index contributed by atoms with van der Waals surface area (Å²) in [6, 6.07) is 7.59. The molecule has 118 valence electrons. The van der Waals surface area contributed by atoms with Crippen molar-refractivity contribution in [3.63, 3.8) is 0 Å². The number of nitrogens with zero attached hydrogens (tertiary/aromatic N) is 4. The standard InChI is InChI=1S/C15H21N5O2/c1-4-11(3)16-14(21)10-20-18-15(17-19-20)12-6-8-13(9-7-12)22-5-2/h6-9,11H,4-5,10H2,1-3H3,(H,16,21)/t11-/m0/s1. The predicted octanol–water partition coefficient (Wildman–Crippen LogP) is 1.65. The van der Waals surface area contributed by atoms with Crippen molar-refractivity contribution in [1.82, 2.24) is 25.5 Å². The van der Waals surface area contributed by atoms with Gasteiger partial charge in [0.05, 0.1) is 6.61 Å². The summed E-state index contributed by atoms with van der Waals surface area (Å²) in [5.74, 6) is 1.16. The van der Waals surface area contributed by atoms with E-state index in [4.69, 9.17) is 4.74 Å². The lowest BCUT2D eigenvalue weighted by molar-refractivity contribution is -0.122. The molecule has 1 aromatic carbocycles. The summed E-state index contributed by atoms with van der Waals surface area (Å²) < 4.78 is 5.39. The molecule has 7 heteroatoms. The van der Waals surface area contributed by atoms with E-state index in [0.717, 1.165) is 17.7 Å². The van der Waals surface area contributed by atoms with E-state index in [1.165, 1.54) is 4.80 Å². The molecule has 0 unspecified atom stereocenters. The molecule has 7 nitrogen and oxygen atoms in total. The Labute approximate surface area is 129 Å². The Balaban J connectivity index is 2.00. The number of nitrogens with one attached hydrogen (secondary N) is 1. The Bertz CT molecular complexity index is 609. The molecular weight excluding hydrogens is 282 g/mol. The zero-order valence-corrected chi connectivity index (χ0v) is 13.1. The summed E-state index contributed by atoms with van der Waals surface area (Å²) in [6.45, 7) is 6.60. The van der Waals surface area contributed by atoms with Gasteiger partial charge in [0.1, 0.15) is 12.3 Å². The Morgan fingerprint density at radius 3 is 2.68 bits per heavy atom. The minimum atomic E-state index is -0.120. The fourth-order valence-corrected chi connectivity index (χ4v) is 1.84. The normalized spacial score (nSPS) is 12.0. The van der Waals surface area contributed by atoms with Crippen LogP contribution in [-0.4, -0.2) is 38.8 Å². The van der Waals surface area contributed by atoms with Crippen molar-refractivity contribution in [1.29, 1.82) is 0 Å². The molecule has 2 rings (SSSR count). The number of carbonyl (C=O) groups is 1. The van der Waals surface area contributed by atoms with Gasteiger partial charge >= 0.3 is 0 Å². The molecular formula is C15H21N5O2. The van der Waals surface area contributed by atoms with Gasteiger partial charge in [-0.1, -0.05) is 6.92 Å². The van der Waals surface area contributed by atoms with Gasteiger partial charge in [0.2, 0.25) is 11.7 Å². The average molecular weight is 303 g/mol. The Morgan fingerprint density at radius 2 is 2.05 bits per heavy atom. The van der Waals surface area contributed by atoms with E-state index in [-0.39, 0.29) is 18.5 Å². The van der Waals surface area contributed by atoms with Crippen LogP contribution in [0.4, 0.5) is 0 Å². The third-order valence-electron chi connectivity index (χ3n) is 3.18. The number of aromatic nitrogens is 4. The van der Waals surface area contributed by atoms with Crippen LogP contribution in [0.5, 0.6) is 5.75 Å². The lowest BCUT2D eigenvalue weighted by atomic mass is 10.2. The summed E-state index contributed by atoms with van der Waals surface area (Å²) in [7, 11) is 0. The van der Waals surface area contributed by atoms with Gasteiger partial charge in [-0.3, -0.25) is 4.79 Å². The maximum Gasteiger partial charge on any atom is 0.243 e. The number of ether oxygens (including phenoxy) is 1.